The smallest absolute Gasteiger partial charge is 0.305 e. The van der Waals surface area contributed by atoms with Crippen LogP contribution < -0.4 is 0 Å². The summed E-state index contributed by atoms with van der Waals surface area (Å²) in [6, 6.07) is 10.2. The zero-order chi connectivity index (χ0) is 16.3. The van der Waals surface area contributed by atoms with E-state index in [9.17, 15) is 9.59 Å². The van der Waals surface area contributed by atoms with E-state index in [1.807, 2.05) is 18.2 Å². The number of amides is 1. The molecule has 0 N–H and O–H groups in total. The number of carbonyl (C=O) groups is 2. The molecule has 1 aliphatic heterocycles. The maximum atomic E-state index is 12.7. The van der Waals surface area contributed by atoms with E-state index in [0.29, 0.717) is 19.4 Å². The predicted octanol–water partition coefficient (Wildman–Crippen LogP) is 3.30. The fourth-order valence-electron chi connectivity index (χ4n) is 4.46. The highest BCUT2D eigenvalue weighted by Crippen LogP contribution is 2.48. The number of esters is 1. The Hall–Kier alpha value is -1.84. The third-order valence-corrected chi connectivity index (χ3v) is 5.59. The van der Waals surface area contributed by atoms with E-state index in [1.54, 1.807) is 0 Å². The summed E-state index contributed by atoms with van der Waals surface area (Å²) >= 11 is 0. The van der Waals surface area contributed by atoms with E-state index in [0.717, 1.165) is 37.7 Å². The average Bonchev–Trinajstić information content (AvgIpc) is 2.95. The van der Waals surface area contributed by atoms with Crippen molar-refractivity contribution in [2.75, 3.05) is 7.11 Å². The van der Waals surface area contributed by atoms with Crippen LogP contribution in [0.15, 0.2) is 30.3 Å². The minimum absolute atomic E-state index is 0.153. The molecule has 4 heteroatoms. The van der Waals surface area contributed by atoms with Gasteiger partial charge >= 0.3 is 5.97 Å². The molecule has 2 atom stereocenters. The van der Waals surface area contributed by atoms with Gasteiger partial charge in [0.15, 0.2) is 0 Å². The lowest BCUT2D eigenvalue weighted by Gasteiger charge is -2.48. The van der Waals surface area contributed by atoms with E-state index in [1.165, 1.54) is 7.11 Å². The summed E-state index contributed by atoms with van der Waals surface area (Å²) in [6.45, 7) is 0.650. The fraction of sp³-hybridized carbons (Fsp3) is 0.579. The minimum atomic E-state index is -0.158. The Kier molecular flexibility index (Phi) is 4.69. The summed E-state index contributed by atoms with van der Waals surface area (Å²) in [5.74, 6) is 0.300. The molecule has 2 aliphatic rings. The molecule has 3 rings (SSSR count). The summed E-state index contributed by atoms with van der Waals surface area (Å²) in [7, 11) is 1.44. The molecular weight excluding hydrogens is 290 g/mol. The molecule has 4 nitrogen and oxygen atoms in total. The lowest BCUT2D eigenvalue weighted by Crippen LogP contribution is -2.56. The van der Waals surface area contributed by atoms with Crippen LogP contribution in [-0.4, -0.2) is 29.4 Å². The zero-order valence-corrected chi connectivity index (χ0v) is 13.8. The lowest BCUT2D eigenvalue weighted by atomic mass is 9.76. The van der Waals surface area contributed by atoms with Gasteiger partial charge in [-0.15, -0.1) is 0 Å². The second-order valence-corrected chi connectivity index (χ2v) is 6.79. The van der Waals surface area contributed by atoms with Crippen LogP contribution in [0.3, 0.4) is 0 Å². The van der Waals surface area contributed by atoms with E-state index >= 15 is 0 Å². The molecule has 1 aliphatic carbocycles. The van der Waals surface area contributed by atoms with Gasteiger partial charge in [-0.3, -0.25) is 9.59 Å². The van der Waals surface area contributed by atoms with Crippen molar-refractivity contribution in [3.63, 3.8) is 0 Å². The predicted molar refractivity (Wildman–Crippen MR) is 87.5 cm³/mol. The first-order chi connectivity index (χ1) is 11.2. The summed E-state index contributed by atoms with van der Waals surface area (Å²) < 4.78 is 4.88. The normalized spacial score (nSPS) is 27.4. The van der Waals surface area contributed by atoms with Crippen LogP contribution >= 0.6 is 0 Å². The number of likely N-dealkylation sites (tertiary alicyclic amines) is 1. The Morgan fingerprint density at radius 3 is 2.74 bits per heavy atom. The van der Waals surface area contributed by atoms with Crippen molar-refractivity contribution in [3.8, 4) is 0 Å². The number of rotatable bonds is 4. The molecule has 0 radical (unpaired) electrons. The number of benzene rings is 1. The van der Waals surface area contributed by atoms with Crippen LogP contribution in [0.1, 0.15) is 50.5 Å². The van der Waals surface area contributed by atoms with Crippen LogP contribution in [0.5, 0.6) is 0 Å². The van der Waals surface area contributed by atoms with Crippen molar-refractivity contribution < 1.29 is 14.3 Å². The van der Waals surface area contributed by atoms with Crippen LogP contribution in [0.4, 0.5) is 0 Å². The van der Waals surface area contributed by atoms with E-state index in [4.69, 9.17) is 4.74 Å². The van der Waals surface area contributed by atoms with Gasteiger partial charge in [0.05, 0.1) is 13.5 Å². The first-order valence-electron chi connectivity index (χ1n) is 8.57. The maximum absolute atomic E-state index is 12.7. The Bertz CT molecular complexity index is 571. The van der Waals surface area contributed by atoms with Crippen molar-refractivity contribution in [1.29, 1.82) is 0 Å². The number of nitrogens with zero attached hydrogens (tertiary/aromatic N) is 1. The molecule has 0 unspecified atom stereocenters. The van der Waals surface area contributed by atoms with Gasteiger partial charge in [0.2, 0.25) is 5.91 Å². The third-order valence-electron chi connectivity index (χ3n) is 5.59. The van der Waals surface area contributed by atoms with Crippen LogP contribution in [0.25, 0.3) is 0 Å². The molecular formula is C19H25NO3. The molecule has 2 fully saturated rings. The fourth-order valence-corrected chi connectivity index (χ4v) is 4.46. The van der Waals surface area contributed by atoms with Gasteiger partial charge in [0, 0.05) is 18.5 Å². The molecule has 1 saturated carbocycles. The Balaban J connectivity index is 1.86. The molecule has 23 heavy (non-hydrogen) atoms. The number of carbonyl (C=O) groups excluding carboxylic acids is 2. The second-order valence-electron chi connectivity index (χ2n) is 6.79. The molecule has 1 aromatic carbocycles. The number of hydrogen-bond donors (Lipinski definition) is 0. The molecule has 1 spiro atoms. The van der Waals surface area contributed by atoms with Crippen molar-refractivity contribution >= 4 is 11.9 Å². The van der Waals surface area contributed by atoms with Crippen LogP contribution in [0, 0.1) is 5.92 Å². The van der Waals surface area contributed by atoms with Crippen molar-refractivity contribution in [2.24, 2.45) is 5.92 Å². The Morgan fingerprint density at radius 2 is 2.00 bits per heavy atom. The molecule has 1 saturated heterocycles. The quantitative estimate of drug-likeness (QED) is 0.801. The van der Waals surface area contributed by atoms with E-state index in [-0.39, 0.29) is 23.3 Å². The third kappa shape index (κ3) is 3.12. The molecule has 124 valence electrons. The minimum Gasteiger partial charge on any atom is -0.469 e. The Morgan fingerprint density at radius 1 is 1.26 bits per heavy atom. The highest BCUT2D eigenvalue weighted by Gasteiger charge is 2.51. The second kappa shape index (κ2) is 6.73. The monoisotopic (exact) mass is 315 g/mol. The molecule has 0 aromatic heterocycles. The van der Waals surface area contributed by atoms with Gasteiger partial charge in [-0.25, -0.2) is 0 Å². The largest absolute Gasteiger partial charge is 0.469 e. The van der Waals surface area contributed by atoms with Gasteiger partial charge in [-0.1, -0.05) is 36.8 Å². The van der Waals surface area contributed by atoms with Gasteiger partial charge in [0.25, 0.3) is 0 Å². The lowest BCUT2D eigenvalue weighted by molar-refractivity contribution is -0.151. The number of ether oxygens (including phenoxy) is 1. The van der Waals surface area contributed by atoms with E-state index < -0.39 is 0 Å². The van der Waals surface area contributed by atoms with Gasteiger partial charge in [-0.2, -0.15) is 0 Å². The van der Waals surface area contributed by atoms with Crippen molar-refractivity contribution in [1.82, 2.24) is 4.90 Å². The number of methoxy groups -OCH3 is 1. The van der Waals surface area contributed by atoms with Crippen molar-refractivity contribution in [2.45, 2.75) is 57.0 Å². The highest BCUT2D eigenvalue weighted by molar-refractivity contribution is 5.78. The van der Waals surface area contributed by atoms with E-state index in [2.05, 4.69) is 17.0 Å². The summed E-state index contributed by atoms with van der Waals surface area (Å²) in [5, 5.41) is 0. The van der Waals surface area contributed by atoms with Crippen molar-refractivity contribution in [3.05, 3.63) is 35.9 Å². The number of piperidine rings is 1. The standard InChI is InChI=1S/C19H25NO3/c1-23-18(22)13-16-9-5-11-19(16)12-6-10-17(21)20(19)14-15-7-3-2-4-8-15/h2-4,7-8,16H,5-6,9-14H2,1H3/t16-,19+/m1/s1. The Labute approximate surface area is 137 Å². The average molecular weight is 315 g/mol. The molecule has 1 heterocycles. The number of hydrogen-bond acceptors (Lipinski definition) is 3. The van der Waals surface area contributed by atoms with Gasteiger partial charge in [0.1, 0.15) is 0 Å². The molecule has 1 aromatic rings. The summed E-state index contributed by atoms with van der Waals surface area (Å²) in [5.41, 5.74) is 1.00. The summed E-state index contributed by atoms with van der Waals surface area (Å²) in [4.78, 5) is 26.6. The topological polar surface area (TPSA) is 46.6 Å². The maximum Gasteiger partial charge on any atom is 0.305 e. The van der Waals surface area contributed by atoms with Crippen LogP contribution in [-0.2, 0) is 20.9 Å². The highest BCUT2D eigenvalue weighted by atomic mass is 16.5. The summed E-state index contributed by atoms with van der Waals surface area (Å²) in [6.07, 6.45) is 6.09. The molecule has 0 bridgehead atoms. The SMILES string of the molecule is COC(=O)C[C@H]1CCC[C@]12CCCC(=O)N2Cc1ccccc1. The zero-order valence-electron chi connectivity index (χ0n) is 13.8. The first kappa shape index (κ1) is 16.0. The molecule has 1 amide bonds. The van der Waals surface area contributed by atoms with Gasteiger partial charge in [-0.05, 0) is 37.2 Å². The van der Waals surface area contributed by atoms with Crippen LogP contribution in [0.2, 0.25) is 0 Å². The van der Waals surface area contributed by atoms with Gasteiger partial charge < -0.3 is 9.64 Å². The first-order valence-corrected chi connectivity index (χ1v) is 8.57.